The Labute approximate surface area is 75.4 Å². The van der Waals surface area contributed by atoms with Gasteiger partial charge in [-0.3, -0.25) is 0 Å². The Morgan fingerprint density at radius 1 is 1.64 bits per heavy atom. The van der Waals surface area contributed by atoms with Gasteiger partial charge in [-0.25, -0.2) is 4.98 Å². The van der Waals surface area contributed by atoms with Gasteiger partial charge in [-0.15, -0.1) is 0 Å². The molecule has 0 bridgehead atoms. The van der Waals surface area contributed by atoms with Crippen molar-refractivity contribution in [3.8, 4) is 0 Å². The zero-order valence-corrected chi connectivity index (χ0v) is 8.30. The smallest absolute Gasteiger partial charge is 0.129 e. The lowest BCUT2D eigenvalue weighted by molar-refractivity contribution is 0.955. The number of aromatic nitrogens is 1. The van der Waals surface area contributed by atoms with Crippen LogP contribution in [0, 0.1) is 0 Å². The minimum atomic E-state index is 0.907. The Morgan fingerprint density at radius 3 is 2.91 bits per heavy atom. The van der Waals surface area contributed by atoms with Crippen LogP contribution in [0.15, 0.2) is 22.9 Å². The van der Waals surface area contributed by atoms with E-state index in [-0.39, 0.29) is 0 Å². The van der Waals surface area contributed by atoms with Crippen molar-refractivity contribution in [1.82, 2.24) is 4.98 Å². The molecule has 1 aromatic rings. The molecule has 60 valence electrons. The van der Waals surface area contributed by atoms with E-state index in [4.69, 9.17) is 0 Å². The quantitative estimate of drug-likeness (QED) is 0.703. The molecule has 0 saturated carbocycles. The number of halogens is 1. The monoisotopic (exact) mass is 214 g/mol. The van der Waals surface area contributed by atoms with Crippen molar-refractivity contribution in [3.63, 3.8) is 0 Å². The zero-order valence-electron chi connectivity index (χ0n) is 6.71. The van der Waals surface area contributed by atoms with E-state index in [1.807, 2.05) is 19.2 Å². The minimum Gasteiger partial charge on any atom is -0.373 e. The maximum atomic E-state index is 4.12. The highest BCUT2D eigenvalue weighted by atomic mass is 79.9. The molecule has 3 heteroatoms. The van der Waals surface area contributed by atoms with E-state index in [9.17, 15) is 0 Å². The average molecular weight is 215 g/mol. The first kappa shape index (κ1) is 8.53. The Balaban J connectivity index is 2.93. The summed E-state index contributed by atoms with van der Waals surface area (Å²) in [5, 5.41) is 0. The van der Waals surface area contributed by atoms with Gasteiger partial charge in [0.05, 0.1) is 5.69 Å². The first-order chi connectivity index (χ1) is 5.25. The fraction of sp³-hybridized carbons (Fsp3) is 0.375. The largest absolute Gasteiger partial charge is 0.373 e. The van der Waals surface area contributed by atoms with Crippen molar-refractivity contribution in [2.45, 2.75) is 6.92 Å². The third-order valence-electron chi connectivity index (χ3n) is 1.62. The Hall–Kier alpha value is -0.570. The third-order valence-corrected chi connectivity index (χ3v) is 2.24. The summed E-state index contributed by atoms with van der Waals surface area (Å²) in [7, 11) is 2.04. The second-order valence-electron chi connectivity index (χ2n) is 2.33. The van der Waals surface area contributed by atoms with Crippen LogP contribution >= 0.6 is 15.9 Å². The molecule has 0 unspecified atom stereocenters. The lowest BCUT2D eigenvalue weighted by atomic mass is 10.4. The molecule has 1 rings (SSSR count). The van der Waals surface area contributed by atoms with E-state index < -0.39 is 0 Å². The highest BCUT2D eigenvalue weighted by molar-refractivity contribution is 9.10. The fourth-order valence-electron chi connectivity index (χ4n) is 0.833. The maximum absolute atomic E-state index is 4.12. The zero-order chi connectivity index (χ0) is 8.27. The van der Waals surface area contributed by atoms with Gasteiger partial charge < -0.3 is 4.90 Å². The van der Waals surface area contributed by atoms with Gasteiger partial charge in [0.25, 0.3) is 0 Å². The standard InChI is InChI=1S/C8H11BrN2/c1-3-11(2)7-5-4-6-10-8(7)9/h4-6H,3H2,1-2H3. The van der Waals surface area contributed by atoms with E-state index >= 15 is 0 Å². The number of nitrogens with zero attached hydrogens (tertiary/aromatic N) is 2. The predicted molar refractivity (Wildman–Crippen MR) is 50.9 cm³/mol. The predicted octanol–water partition coefficient (Wildman–Crippen LogP) is 2.30. The summed E-state index contributed by atoms with van der Waals surface area (Å²) < 4.78 is 0.907. The molecule has 0 spiro atoms. The number of hydrogen-bond acceptors (Lipinski definition) is 2. The van der Waals surface area contributed by atoms with Crippen molar-refractivity contribution in [1.29, 1.82) is 0 Å². The molecule has 0 fully saturated rings. The first-order valence-electron chi connectivity index (χ1n) is 3.57. The molecule has 0 atom stereocenters. The van der Waals surface area contributed by atoms with Crippen LogP contribution in [0.4, 0.5) is 5.69 Å². The molecular formula is C8H11BrN2. The first-order valence-corrected chi connectivity index (χ1v) is 4.36. The van der Waals surface area contributed by atoms with Crippen molar-refractivity contribution < 1.29 is 0 Å². The topological polar surface area (TPSA) is 16.1 Å². The van der Waals surface area contributed by atoms with Crippen molar-refractivity contribution in [2.24, 2.45) is 0 Å². The van der Waals surface area contributed by atoms with Crippen LogP contribution < -0.4 is 4.90 Å². The number of anilines is 1. The fourth-order valence-corrected chi connectivity index (χ4v) is 1.39. The van der Waals surface area contributed by atoms with E-state index in [1.165, 1.54) is 0 Å². The molecule has 1 aromatic heterocycles. The van der Waals surface area contributed by atoms with E-state index in [0.717, 1.165) is 16.8 Å². The van der Waals surface area contributed by atoms with Gasteiger partial charge in [0.1, 0.15) is 4.60 Å². The lowest BCUT2D eigenvalue weighted by Crippen LogP contribution is -2.16. The van der Waals surface area contributed by atoms with Crippen LogP contribution in [-0.2, 0) is 0 Å². The van der Waals surface area contributed by atoms with E-state index in [2.05, 4.69) is 32.7 Å². The van der Waals surface area contributed by atoms with E-state index in [0.29, 0.717) is 0 Å². The van der Waals surface area contributed by atoms with Gasteiger partial charge in [0.15, 0.2) is 0 Å². The number of rotatable bonds is 2. The molecule has 0 aromatic carbocycles. The Bertz CT molecular complexity index is 237. The average Bonchev–Trinajstić information content (AvgIpc) is 2.04. The summed E-state index contributed by atoms with van der Waals surface area (Å²) in [6.45, 7) is 3.10. The third kappa shape index (κ3) is 1.93. The van der Waals surface area contributed by atoms with Crippen LogP contribution in [0.3, 0.4) is 0 Å². The molecule has 2 nitrogen and oxygen atoms in total. The van der Waals surface area contributed by atoms with Crippen molar-refractivity contribution >= 4 is 21.6 Å². The van der Waals surface area contributed by atoms with Crippen LogP contribution in [0.2, 0.25) is 0 Å². The van der Waals surface area contributed by atoms with Crippen molar-refractivity contribution in [3.05, 3.63) is 22.9 Å². The van der Waals surface area contributed by atoms with Crippen LogP contribution in [-0.4, -0.2) is 18.6 Å². The van der Waals surface area contributed by atoms with Gasteiger partial charge >= 0.3 is 0 Å². The van der Waals surface area contributed by atoms with Gasteiger partial charge in [-0.1, -0.05) is 0 Å². The van der Waals surface area contributed by atoms with Gasteiger partial charge in [0, 0.05) is 19.8 Å². The summed E-state index contributed by atoms with van der Waals surface area (Å²) in [6, 6.07) is 3.98. The van der Waals surface area contributed by atoms with Crippen molar-refractivity contribution in [2.75, 3.05) is 18.5 Å². The summed E-state index contributed by atoms with van der Waals surface area (Å²) >= 11 is 3.38. The van der Waals surface area contributed by atoms with E-state index in [1.54, 1.807) is 6.20 Å². The van der Waals surface area contributed by atoms with Crippen LogP contribution in [0.1, 0.15) is 6.92 Å². The SMILES string of the molecule is CCN(C)c1cccnc1Br. The second kappa shape index (κ2) is 3.72. The molecule has 0 aliphatic carbocycles. The molecule has 0 amide bonds. The highest BCUT2D eigenvalue weighted by Gasteiger charge is 2.01. The van der Waals surface area contributed by atoms with Crippen LogP contribution in [0.25, 0.3) is 0 Å². The highest BCUT2D eigenvalue weighted by Crippen LogP contribution is 2.21. The molecular weight excluding hydrogens is 204 g/mol. The molecule has 11 heavy (non-hydrogen) atoms. The molecule has 1 heterocycles. The summed E-state index contributed by atoms with van der Waals surface area (Å²) in [5.74, 6) is 0. The minimum absolute atomic E-state index is 0.907. The van der Waals surface area contributed by atoms with Gasteiger partial charge in [-0.2, -0.15) is 0 Å². The van der Waals surface area contributed by atoms with Gasteiger partial charge in [0.2, 0.25) is 0 Å². The molecule has 0 aliphatic rings. The molecule has 0 N–H and O–H groups in total. The van der Waals surface area contributed by atoms with Crippen LogP contribution in [0.5, 0.6) is 0 Å². The lowest BCUT2D eigenvalue weighted by Gasteiger charge is -2.16. The maximum Gasteiger partial charge on any atom is 0.129 e. The summed E-state index contributed by atoms with van der Waals surface area (Å²) in [6.07, 6.45) is 1.77. The van der Waals surface area contributed by atoms with Gasteiger partial charge in [-0.05, 0) is 35.0 Å². The molecule has 0 saturated heterocycles. The molecule has 0 radical (unpaired) electrons. The number of pyridine rings is 1. The summed E-state index contributed by atoms with van der Waals surface area (Å²) in [4.78, 5) is 6.26. The summed E-state index contributed by atoms with van der Waals surface area (Å²) in [5.41, 5.74) is 1.13. The second-order valence-corrected chi connectivity index (χ2v) is 3.08. The normalized spacial score (nSPS) is 9.73. The Morgan fingerprint density at radius 2 is 2.36 bits per heavy atom. The molecule has 0 aliphatic heterocycles. The Kier molecular flexibility index (Phi) is 2.88. The number of hydrogen-bond donors (Lipinski definition) is 0.